The van der Waals surface area contributed by atoms with Gasteiger partial charge in [0.1, 0.15) is 11.5 Å². The first-order valence-corrected chi connectivity index (χ1v) is 14.5. The molecule has 0 aliphatic carbocycles. The van der Waals surface area contributed by atoms with Crippen LogP contribution in [0.15, 0.2) is 24.3 Å². The highest BCUT2D eigenvalue weighted by molar-refractivity contribution is 6.46. The fraction of sp³-hybridized carbons (Fsp3) is 0.769. The van der Waals surface area contributed by atoms with E-state index in [0.29, 0.717) is 0 Å². The van der Waals surface area contributed by atoms with Crippen LogP contribution in [0.3, 0.4) is 0 Å². The molecule has 4 rings (SSSR count). The molecule has 15 heteroatoms. The standard InChI is InChI=1S/C7H7BO2.C7H15BO2.C5H13BO2.C4H9BO2.C3H9BO2/c1-8-9-6-4-2-3-5-7(6)10-8;1-6(2)7(3,4)10-8(5)9-6;1-4-7-6(3)8-5-2;1-5-6-3-2-4-7-5;1-4(5-2)6-3/h2-5H,1H3;1-5H3;4-5H2,1-3H3;2-4H2,1H3;1-3H3. The highest BCUT2D eigenvalue weighted by Gasteiger charge is 2.48. The first-order chi connectivity index (χ1) is 19.2. The van der Waals surface area contributed by atoms with Gasteiger partial charge in [0.25, 0.3) is 0 Å². The van der Waals surface area contributed by atoms with E-state index >= 15 is 0 Å². The third-order valence-electron chi connectivity index (χ3n) is 6.27. The molecule has 0 amide bonds. The second-order valence-electron chi connectivity index (χ2n) is 10.3. The van der Waals surface area contributed by atoms with Gasteiger partial charge in [-0.3, -0.25) is 0 Å². The maximum absolute atomic E-state index is 5.54. The van der Waals surface area contributed by atoms with Gasteiger partial charge in [-0.25, -0.2) is 0 Å². The molecule has 3 heterocycles. The zero-order valence-electron chi connectivity index (χ0n) is 27.8. The molecule has 0 N–H and O–H groups in total. The minimum atomic E-state index is -0.160. The molecule has 3 aliphatic rings. The van der Waals surface area contributed by atoms with Crippen molar-refractivity contribution in [3.8, 4) is 11.5 Å². The van der Waals surface area contributed by atoms with Crippen LogP contribution in [0.5, 0.6) is 11.5 Å². The van der Waals surface area contributed by atoms with Crippen molar-refractivity contribution in [2.75, 3.05) is 40.6 Å². The Hall–Kier alpha value is -1.18. The molecule has 0 aromatic heterocycles. The van der Waals surface area contributed by atoms with Crippen LogP contribution in [0.2, 0.25) is 34.1 Å². The predicted molar refractivity (Wildman–Crippen MR) is 170 cm³/mol. The van der Waals surface area contributed by atoms with E-state index in [9.17, 15) is 0 Å². The zero-order chi connectivity index (χ0) is 31.5. The lowest BCUT2D eigenvalue weighted by molar-refractivity contribution is 0.00578. The highest BCUT2D eigenvalue weighted by Crippen LogP contribution is 2.36. The van der Waals surface area contributed by atoms with Gasteiger partial charge < -0.3 is 46.5 Å². The Morgan fingerprint density at radius 2 is 1.12 bits per heavy atom. The molecule has 0 unspecified atom stereocenters. The van der Waals surface area contributed by atoms with Gasteiger partial charge >= 0.3 is 35.6 Å². The summed E-state index contributed by atoms with van der Waals surface area (Å²) in [7, 11) is 2.95. The molecule has 232 valence electrons. The Bertz CT molecular complexity index is 736. The van der Waals surface area contributed by atoms with Crippen molar-refractivity contribution in [1.82, 2.24) is 0 Å². The average molecular weight is 580 g/mol. The molecule has 0 saturated carbocycles. The van der Waals surface area contributed by atoms with Crippen LogP contribution in [-0.4, -0.2) is 87.4 Å². The molecule has 41 heavy (non-hydrogen) atoms. The highest BCUT2D eigenvalue weighted by atomic mass is 16.7. The van der Waals surface area contributed by atoms with Gasteiger partial charge in [0.15, 0.2) is 0 Å². The Labute approximate surface area is 251 Å². The lowest BCUT2D eigenvalue weighted by Gasteiger charge is -2.32. The number of rotatable bonds is 6. The number of hydrogen-bond acceptors (Lipinski definition) is 10. The minimum absolute atomic E-state index is 0.0359. The van der Waals surface area contributed by atoms with Crippen LogP contribution in [-0.2, 0) is 37.2 Å². The van der Waals surface area contributed by atoms with Crippen molar-refractivity contribution in [2.24, 2.45) is 0 Å². The van der Waals surface area contributed by atoms with E-state index < -0.39 is 0 Å². The molecule has 3 aliphatic heterocycles. The van der Waals surface area contributed by atoms with Crippen molar-refractivity contribution in [1.29, 1.82) is 0 Å². The van der Waals surface area contributed by atoms with Gasteiger partial charge in [-0.1, -0.05) is 12.1 Å². The van der Waals surface area contributed by atoms with E-state index in [1.807, 2.05) is 72.2 Å². The minimum Gasteiger partial charge on any atom is -0.523 e. The SMILES string of the molecule is CB1OC(C)(C)C(C)(C)O1.CB1OCCCO1.CB1Oc2ccccc2O1.CCOB(C)OCC.COB(C)OC. The summed E-state index contributed by atoms with van der Waals surface area (Å²) < 4.78 is 51.2. The maximum atomic E-state index is 5.54. The van der Waals surface area contributed by atoms with E-state index in [0.717, 1.165) is 44.3 Å². The number of fused-ring (bicyclic) bond motifs is 1. The van der Waals surface area contributed by atoms with E-state index in [4.69, 9.17) is 37.2 Å². The molecule has 0 spiro atoms. The van der Waals surface area contributed by atoms with Crippen LogP contribution in [0.4, 0.5) is 0 Å². The third-order valence-corrected chi connectivity index (χ3v) is 6.27. The van der Waals surface area contributed by atoms with E-state index in [2.05, 4.69) is 37.0 Å². The van der Waals surface area contributed by atoms with Gasteiger partial charge in [0, 0.05) is 40.6 Å². The fourth-order valence-electron chi connectivity index (χ4n) is 3.38. The molecular weight excluding hydrogens is 526 g/mol. The Morgan fingerprint density at radius 1 is 0.707 bits per heavy atom. The average Bonchev–Trinajstić information content (AvgIpc) is 3.38. The summed E-state index contributed by atoms with van der Waals surface area (Å²) in [6, 6.07) is 7.66. The van der Waals surface area contributed by atoms with Gasteiger partial charge in [0.05, 0.1) is 11.2 Å². The van der Waals surface area contributed by atoms with Crippen LogP contribution >= 0.6 is 0 Å². The van der Waals surface area contributed by atoms with Crippen LogP contribution in [0.25, 0.3) is 0 Å². The predicted octanol–water partition coefficient (Wildman–Crippen LogP) is 5.40. The normalized spacial score (nSPS) is 17.4. The first kappa shape index (κ1) is 39.8. The monoisotopic (exact) mass is 580 g/mol. The van der Waals surface area contributed by atoms with E-state index in [1.54, 1.807) is 14.2 Å². The number of benzene rings is 1. The number of para-hydroxylation sites is 2. The van der Waals surface area contributed by atoms with Crippen LogP contribution in [0, 0.1) is 0 Å². The largest absolute Gasteiger partial charge is 0.591 e. The topological polar surface area (TPSA) is 92.3 Å². The Balaban J connectivity index is 0.000000495. The summed E-state index contributed by atoms with van der Waals surface area (Å²) in [6.45, 7) is 24.7. The quantitative estimate of drug-likeness (QED) is 0.408. The van der Waals surface area contributed by atoms with Crippen molar-refractivity contribution in [3.63, 3.8) is 0 Å². The first-order valence-electron chi connectivity index (χ1n) is 14.5. The lowest BCUT2D eigenvalue weighted by atomic mass is 9.90. The van der Waals surface area contributed by atoms with Gasteiger partial charge in [-0.2, -0.15) is 0 Å². The Kier molecular flexibility index (Phi) is 20.9. The Morgan fingerprint density at radius 3 is 1.37 bits per heavy atom. The van der Waals surface area contributed by atoms with Gasteiger partial charge in [-0.15, -0.1) is 0 Å². The fourth-order valence-corrected chi connectivity index (χ4v) is 3.38. The summed E-state index contributed by atoms with van der Waals surface area (Å²) >= 11 is 0. The summed E-state index contributed by atoms with van der Waals surface area (Å²) in [5.74, 6) is 1.69. The lowest BCUT2D eigenvalue weighted by Crippen LogP contribution is -2.41. The molecule has 0 bridgehead atoms. The molecule has 0 radical (unpaired) electrons. The van der Waals surface area contributed by atoms with Gasteiger partial charge in [-0.05, 0) is 94.2 Å². The second kappa shape index (κ2) is 21.5. The van der Waals surface area contributed by atoms with Crippen LogP contribution < -0.4 is 9.31 Å². The summed E-state index contributed by atoms with van der Waals surface area (Å²) in [4.78, 5) is 0. The summed E-state index contributed by atoms with van der Waals surface area (Å²) in [5, 5.41) is 0. The van der Waals surface area contributed by atoms with Crippen molar-refractivity contribution >= 4 is 35.6 Å². The van der Waals surface area contributed by atoms with Crippen molar-refractivity contribution in [3.05, 3.63) is 24.3 Å². The molecular formula is C26H53B5O10. The van der Waals surface area contributed by atoms with Crippen molar-refractivity contribution in [2.45, 2.75) is 93.3 Å². The van der Waals surface area contributed by atoms with Gasteiger partial charge in [0.2, 0.25) is 0 Å². The molecule has 1 aromatic carbocycles. The zero-order valence-corrected chi connectivity index (χ0v) is 27.8. The molecule has 2 fully saturated rings. The summed E-state index contributed by atoms with van der Waals surface area (Å²) in [5.41, 5.74) is -0.321. The summed E-state index contributed by atoms with van der Waals surface area (Å²) in [6.07, 6.45) is 1.05. The van der Waals surface area contributed by atoms with Crippen LogP contribution in [0.1, 0.15) is 48.0 Å². The second-order valence-corrected chi connectivity index (χ2v) is 10.3. The molecule has 0 atom stereocenters. The van der Waals surface area contributed by atoms with Crippen molar-refractivity contribution < 1.29 is 46.5 Å². The molecule has 1 aromatic rings. The van der Waals surface area contributed by atoms with E-state index in [1.165, 1.54) is 0 Å². The molecule has 10 nitrogen and oxygen atoms in total. The molecule has 2 saturated heterocycles. The smallest absolute Gasteiger partial charge is 0.523 e. The third kappa shape index (κ3) is 17.5. The maximum Gasteiger partial charge on any atom is 0.591 e. The number of hydrogen-bond donors (Lipinski definition) is 0. The van der Waals surface area contributed by atoms with E-state index in [-0.39, 0.29) is 46.8 Å².